The maximum Gasteiger partial charge on any atom is 0.308 e. The molecule has 0 unspecified atom stereocenters. The zero-order valence-electron chi connectivity index (χ0n) is 15.5. The molecule has 0 heterocycles. The second-order valence-corrected chi connectivity index (χ2v) is 5.87. The van der Waals surface area contributed by atoms with Gasteiger partial charge in [-0.05, 0) is 42.3 Å². The fraction of sp³-hybridized carbons (Fsp3) is 0.190. The van der Waals surface area contributed by atoms with E-state index >= 15 is 0 Å². The first-order valence-electron chi connectivity index (χ1n) is 8.75. The summed E-state index contributed by atoms with van der Waals surface area (Å²) in [6.45, 7) is 1.54. The zero-order valence-corrected chi connectivity index (χ0v) is 15.5. The Labute approximate surface area is 163 Å². The van der Waals surface area contributed by atoms with Crippen LogP contribution in [0, 0.1) is 0 Å². The van der Waals surface area contributed by atoms with Crippen molar-refractivity contribution in [1.82, 2.24) is 10.6 Å². The number of carbonyl (C=O) groups is 3. The molecule has 0 aromatic heterocycles. The number of hydrogen-bond acceptors (Lipinski definition) is 5. The highest BCUT2D eigenvalue weighted by molar-refractivity contribution is 6.05. The van der Waals surface area contributed by atoms with Crippen molar-refractivity contribution in [2.24, 2.45) is 0 Å². The number of carbonyl (C=O) groups excluding carboxylic acids is 3. The van der Waals surface area contributed by atoms with Crippen molar-refractivity contribution in [2.75, 3.05) is 13.2 Å². The van der Waals surface area contributed by atoms with Crippen molar-refractivity contribution < 1.29 is 24.2 Å². The Morgan fingerprint density at radius 1 is 1.04 bits per heavy atom. The molecule has 146 valence electrons. The van der Waals surface area contributed by atoms with Crippen LogP contribution >= 0.6 is 0 Å². The smallest absolute Gasteiger partial charge is 0.308 e. The van der Waals surface area contributed by atoms with Crippen LogP contribution in [0.3, 0.4) is 0 Å². The Hall–Kier alpha value is -3.45. The van der Waals surface area contributed by atoms with Gasteiger partial charge in [-0.25, -0.2) is 0 Å². The molecule has 0 aliphatic rings. The van der Waals surface area contributed by atoms with E-state index in [1.807, 2.05) is 0 Å². The van der Waals surface area contributed by atoms with Crippen molar-refractivity contribution in [3.8, 4) is 5.75 Å². The van der Waals surface area contributed by atoms with E-state index in [-0.39, 0.29) is 18.8 Å². The van der Waals surface area contributed by atoms with E-state index in [0.717, 1.165) is 0 Å². The summed E-state index contributed by atoms with van der Waals surface area (Å²) < 4.78 is 4.98. The third-order valence-corrected chi connectivity index (χ3v) is 3.60. The van der Waals surface area contributed by atoms with Crippen LogP contribution in [-0.4, -0.2) is 36.0 Å². The van der Waals surface area contributed by atoms with Crippen molar-refractivity contribution in [3.05, 3.63) is 71.4 Å². The summed E-state index contributed by atoms with van der Waals surface area (Å²) in [6, 6.07) is 15.0. The van der Waals surface area contributed by atoms with Gasteiger partial charge in [0, 0.05) is 25.6 Å². The molecule has 3 N–H and O–H groups in total. The number of rotatable bonds is 8. The lowest BCUT2D eigenvalue weighted by Crippen LogP contribution is -2.35. The van der Waals surface area contributed by atoms with Crippen molar-refractivity contribution in [2.45, 2.75) is 13.3 Å². The zero-order chi connectivity index (χ0) is 20.4. The van der Waals surface area contributed by atoms with Crippen LogP contribution in [0.4, 0.5) is 0 Å². The monoisotopic (exact) mass is 382 g/mol. The molecule has 2 amide bonds. The van der Waals surface area contributed by atoms with Crippen molar-refractivity contribution in [1.29, 1.82) is 0 Å². The van der Waals surface area contributed by atoms with Crippen molar-refractivity contribution >= 4 is 23.9 Å². The lowest BCUT2D eigenvalue weighted by molar-refractivity contribution is -0.131. The fourth-order valence-corrected chi connectivity index (χ4v) is 2.28. The van der Waals surface area contributed by atoms with Gasteiger partial charge in [-0.3, -0.25) is 14.4 Å². The van der Waals surface area contributed by atoms with Gasteiger partial charge in [-0.2, -0.15) is 0 Å². The molecule has 0 aliphatic carbocycles. The molecule has 7 heteroatoms. The number of benzene rings is 2. The minimum Gasteiger partial charge on any atom is -0.427 e. The minimum absolute atomic E-state index is 0.0483. The van der Waals surface area contributed by atoms with Gasteiger partial charge in [0.15, 0.2) is 0 Å². The van der Waals surface area contributed by atoms with Gasteiger partial charge in [0.1, 0.15) is 11.4 Å². The van der Waals surface area contributed by atoms with Gasteiger partial charge in [0.05, 0.1) is 0 Å². The first kappa shape index (κ1) is 20.9. The number of ether oxygens (including phenoxy) is 1. The summed E-state index contributed by atoms with van der Waals surface area (Å²) in [5.41, 5.74) is 1.12. The Bertz CT molecular complexity index is 845. The van der Waals surface area contributed by atoms with E-state index < -0.39 is 17.8 Å². The highest BCUT2D eigenvalue weighted by atomic mass is 16.5. The molecule has 0 aliphatic heterocycles. The molecule has 2 aromatic rings. The summed E-state index contributed by atoms with van der Waals surface area (Å²) in [4.78, 5) is 35.9. The number of aliphatic hydroxyl groups is 1. The standard InChI is InChI=1S/C21H22N2O5/c1-15(25)28-18-10-8-16(9-11-18)14-19(21(27)22-12-5-13-24)23-20(26)17-6-3-2-4-7-17/h2-4,6-11,14,24H,5,12-13H2,1H3,(H,22,27)(H,23,26)/b19-14+. The number of esters is 1. The summed E-state index contributed by atoms with van der Waals surface area (Å²) in [6.07, 6.45) is 1.93. The van der Waals surface area contributed by atoms with Crippen LogP contribution in [-0.2, 0) is 9.59 Å². The summed E-state index contributed by atoms with van der Waals surface area (Å²) >= 11 is 0. The van der Waals surface area contributed by atoms with E-state index in [4.69, 9.17) is 9.84 Å². The first-order valence-corrected chi connectivity index (χ1v) is 8.75. The minimum atomic E-state index is -0.471. The van der Waals surface area contributed by atoms with E-state index in [1.54, 1.807) is 54.6 Å². The largest absolute Gasteiger partial charge is 0.427 e. The SMILES string of the molecule is CC(=O)Oc1ccc(/C=C(/NC(=O)c2ccccc2)C(=O)NCCCO)cc1. The fourth-order valence-electron chi connectivity index (χ4n) is 2.28. The third kappa shape index (κ3) is 6.69. The number of hydrogen-bond donors (Lipinski definition) is 3. The quantitative estimate of drug-likeness (QED) is 0.280. The maximum absolute atomic E-state index is 12.5. The van der Waals surface area contributed by atoms with Crippen LogP contribution in [0.15, 0.2) is 60.3 Å². The predicted octanol–water partition coefficient (Wildman–Crippen LogP) is 1.88. The molecule has 0 radical (unpaired) electrons. The molecule has 2 aromatic carbocycles. The predicted molar refractivity (Wildman–Crippen MR) is 104 cm³/mol. The highest BCUT2D eigenvalue weighted by Gasteiger charge is 2.14. The molecule has 7 nitrogen and oxygen atoms in total. The Balaban J connectivity index is 2.21. The lowest BCUT2D eigenvalue weighted by Gasteiger charge is -2.11. The molecular formula is C21H22N2O5. The first-order chi connectivity index (χ1) is 13.5. The van der Waals surface area contributed by atoms with Crippen LogP contribution < -0.4 is 15.4 Å². The summed E-state index contributed by atoms with van der Waals surface area (Å²) in [5, 5.41) is 14.1. The van der Waals surface area contributed by atoms with Gasteiger partial charge in [-0.15, -0.1) is 0 Å². The Morgan fingerprint density at radius 2 is 1.71 bits per heavy atom. The van der Waals surface area contributed by atoms with E-state index in [0.29, 0.717) is 23.3 Å². The van der Waals surface area contributed by atoms with Crippen LogP contribution in [0.2, 0.25) is 0 Å². The maximum atomic E-state index is 12.5. The molecule has 28 heavy (non-hydrogen) atoms. The molecular weight excluding hydrogens is 360 g/mol. The van der Waals surface area contributed by atoms with Gasteiger partial charge < -0.3 is 20.5 Å². The van der Waals surface area contributed by atoms with Crippen molar-refractivity contribution in [3.63, 3.8) is 0 Å². The molecule has 0 saturated heterocycles. The molecule has 0 bridgehead atoms. The van der Waals surface area contributed by atoms with E-state index in [9.17, 15) is 14.4 Å². The van der Waals surface area contributed by atoms with Gasteiger partial charge in [0.2, 0.25) is 0 Å². The van der Waals surface area contributed by atoms with Gasteiger partial charge in [0.25, 0.3) is 11.8 Å². The summed E-state index contributed by atoms with van der Waals surface area (Å²) in [7, 11) is 0. The normalized spacial score (nSPS) is 10.9. The molecule has 0 spiro atoms. The summed E-state index contributed by atoms with van der Waals surface area (Å²) in [5.74, 6) is -0.934. The van der Waals surface area contributed by atoms with Gasteiger partial charge >= 0.3 is 5.97 Å². The Kier molecular flexibility index (Phi) is 7.92. The van der Waals surface area contributed by atoms with E-state index in [1.165, 1.54) is 13.0 Å². The number of nitrogens with one attached hydrogen (secondary N) is 2. The molecule has 0 fully saturated rings. The number of amides is 2. The second kappa shape index (κ2) is 10.6. The van der Waals surface area contributed by atoms with Crippen LogP contribution in [0.5, 0.6) is 5.75 Å². The number of aliphatic hydroxyl groups excluding tert-OH is 1. The average molecular weight is 382 g/mol. The molecule has 0 atom stereocenters. The van der Waals surface area contributed by atoms with Crippen LogP contribution in [0.1, 0.15) is 29.3 Å². The van der Waals surface area contributed by atoms with E-state index in [2.05, 4.69) is 10.6 Å². The topological polar surface area (TPSA) is 105 Å². The molecule has 2 rings (SSSR count). The van der Waals surface area contributed by atoms with Crippen LogP contribution in [0.25, 0.3) is 6.08 Å². The van der Waals surface area contributed by atoms with Gasteiger partial charge in [-0.1, -0.05) is 30.3 Å². The Morgan fingerprint density at radius 3 is 2.32 bits per heavy atom. The third-order valence-electron chi connectivity index (χ3n) is 3.60. The lowest BCUT2D eigenvalue weighted by atomic mass is 10.1. The molecule has 0 saturated carbocycles. The average Bonchev–Trinajstić information content (AvgIpc) is 2.69. The second-order valence-electron chi connectivity index (χ2n) is 5.87. The highest BCUT2D eigenvalue weighted by Crippen LogP contribution is 2.15.